The van der Waals surface area contributed by atoms with Gasteiger partial charge in [0.25, 0.3) is 0 Å². The highest BCUT2D eigenvalue weighted by atomic mass is 16.1. The molecule has 0 N–H and O–H groups in total. The Kier molecular flexibility index (Phi) is 4.29. The average molecular weight is 202 g/mol. The van der Waals surface area contributed by atoms with E-state index < -0.39 is 0 Å². The van der Waals surface area contributed by atoms with Crippen LogP contribution in [0.3, 0.4) is 0 Å². The molecule has 0 aliphatic rings. The van der Waals surface area contributed by atoms with Crippen LogP contribution in [0.5, 0.6) is 0 Å². The Balaban J connectivity index is 2.71. The minimum atomic E-state index is 0.321. The third kappa shape index (κ3) is 3.70. The zero-order valence-corrected chi connectivity index (χ0v) is 9.49. The second-order valence-electron chi connectivity index (χ2n) is 4.18. The second kappa shape index (κ2) is 5.50. The van der Waals surface area contributed by atoms with E-state index in [1.165, 1.54) is 16.7 Å². The van der Waals surface area contributed by atoms with E-state index in [-0.39, 0.29) is 0 Å². The fourth-order valence-electron chi connectivity index (χ4n) is 1.59. The van der Waals surface area contributed by atoms with Crippen molar-refractivity contribution in [2.24, 2.45) is 0 Å². The number of carbonyl (C=O) groups is 1. The average Bonchev–Trinajstić information content (AvgIpc) is 2.18. The molecule has 0 bridgehead atoms. The normalized spacial score (nSPS) is 12.1. The van der Waals surface area contributed by atoms with Gasteiger partial charge in [-0.2, -0.15) is 0 Å². The largest absolute Gasteiger partial charge is 0.303 e. The van der Waals surface area contributed by atoms with E-state index in [0.717, 1.165) is 12.7 Å². The molecule has 0 aliphatic carbocycles. The summed E-state index contributed by atoms with van der Waals surface area (Å²) < 4.78 is 0. The van der Waals surface area contributed by atoms with E-state index in [9.17, 15) is 4.79 Å². The van der Waals surface area contributed by atoms with E-state index in [4.69, 9.17) is 0 Å². The third-order valence-electron chi connectivity index (χ3n) is 2.50. The maximum absolute atomic E-state index is 10.4. The summed E-state index contributed by atoms with van der Waals surface area (Å²) in [5.41, 5.74) is 3.68. The molecule has 1 unspecified atom stereocenters. The van der Waals surface area contributed by atoms with Gasteiger partial charge in [-0.05, 0) is 30.4 Å². The number of hydrogen-bond donors (Lipinski definition) is 0. The molecule has 0 spiro atoms. The molecule has 0 aliphatic heterocycles. The van der Waals surface area contributed by atoms with Crippen molar-refractivity contribution in [1.82, 2.24) is 0 Å². The van der Waals surface area contributed by atoms with Crippen LogP contribution in [0.25, 0.3) is 0 Å². The monoisotopic (exact) mass is 202 g/mol. The molecule has 1 heteroatoms. The Bertz CT molecular complexity index is 335. The van der Waals surface area contributed by atoms with Crippen LogP contribution < -0.4 is 0 Å². The third-order valence-corrected chi connectivity index (χ3v) is 2.50. The van der Waals surface area contributed by atoms with Crippen molar-refractivity contribution >= 4 is 6.29 Å². The molecule has 0 fully saturated rings. The summed E-state index contributed by atoms with van der Waals surface area (Å²) in [4.78, 5) is 10.4. The highest BCUT2D eigenvalue weighted by molar-refractivity contribution is 5.51. The van der Waals surface area contributed by atoms with E-state index in [1.54, 1.807) is 0 Å². The molecule has 1 rings (SSSR count). The first-order valence-corrected chi connectivity index (χ1v) is 5.30. The Morgan fingerprint density at radius 3 is 2.47 bits per heavy atom. The van der Waals surface area contributed by atoms with E-state index >= 15 is 0 Å². The highest BCUT2D eigenvalue weighted by Crippen LogP contribution is 2.18. The lowest BCUT2D eigenvalue weighted by Crippen LogP contribution is -1.95. The van der Waals surface area contributed by atoms with Gasteiger partial charge in [-0.3, -0.25) is 0 Å². The number of benzene rings is 1. The molecule has 0 radical (unpaired) electrons. The summed E-state index contributed by atoms with van der Waals surface area (Å²) in [6, 6.07) is 8.44. The maximum Gasteiger partial charge on any atom is 0.120 e. The first-order chi connectivity index (χ1) is 7.13. The van der Waals surface area contributed by atoms with Crippen LogP contribution in [0, 0.1) is 0 Å². The van der Waals surface area contributed by atoms with Gasteiger partial charge in [0, 0.05) is 6.42 Å². The standard InChI is InChI=1S/C14H18O/c1-11(2)10-13-4-6-14(7-5-13)12(3)8-9-15/h4-7,9,12H,1,8,10H2,2-3H3. The van der Waals surface area contributed by atoms with Crippen molar-refractivity contribution in [2.45, 2.75) is 32.6 Å². The Morgan fingerprint density at radius 1 is 1.40 bits per heavy atom. The van der Waals surface area contributed by atoms with Crippen LogP contribution in [0.4, 0.5) is 0 Å². The number of rotatable bonds is 5. The van der Waals surface area contributed by atoms with Gasteiger partial charge in [0.1, 0.15) is 6.29 Å². The van der Waals surface area contributed by atoms with Crippen molar-refractivity contribution in [1.29, 1.82) is 0 Å². The molecule has 0 saturated carbocycles. The van der Waals surface area contributed by atoms with Gasteiger partial charge in [0.05, 0.1) is 0 Å². The molecule has 0 aromatic heterocycles. The smallest absolute Gasteiger partial charge is 0.120 e. The molecule has 80 valence electrons. The predicted octanol–water partition coefficient (Wildman–Crippen LogP) is 3.50. The minimum absolute atomic E-state index is 0.321. The van der Waals surface area contributed by atoms with Gasteiger partial charge in [-0.25, -0.2) is 0 Å². The van der Waals surface area contributed by atoms with E-state index in [1.807, 2.05) is 6.92 Å². The van der Waals surface area contributed by atoms with Gasteiger partial charge in [-0.15, -0.1) is 0 Å². The first-order valence-electron chi connectivity index (χ1n) is 5.30. The maximum atomic E-state index is 10.4. The van der Waals surface area contributed by atoms with E-state index in [2.05, 4.69) is 37.8 Å². The lowest BCUT2D eigenvalue weighted by molar-refractivity contribution is -0.108. The van der Waals surface area contributed by atoms with Gasteiger partial charge in [0.2, 0.25) is 0 Å². The molecule has 15 heavy (non-hydrogen) atoms. The SMILES string of the molecule is C=C(C)Cc1ccc(C(C)CC=O)cc1. The van der Waals surface area contributed by atoms with Crippen molar-refractivity contribution in [3.63, 3.8) is 0 Å². The lowest BCUT2D eigenvalue weighted by atomic mass is 9.96. The summed E-state index contributed by atoms with van der Waals surface area (Å²) in [5.74, 6) is 0.321. The van der Waals surface area contributed by atoms with Crippen LogP contribution >= 0.6 is 0 Å². The fourth-order valence-corrected chi connectivity index (χ4v) is 1.59. The van der Waals surface area contributed by atoms with E-state index in [0.29, 0.717) is 12.3 Å². The molecule has 0 saturated heterocycles. The minimum Gasteiger partial charge on any atom is -0.303 e. The first kappa shape index (κ1) is 11.7. The van der Waals surface area contributed by atoms with Gasteiger partial charge >= 0.3 is 0 Å². The van der Waals surface area contributed by atoms with Crippen LogP contribution in [0.15, 0.2) is 36.4 Å². The molecule has 1 nitrogen and oxygen atoms in total. The summed E-state index contributed by atoms with van der Waals surface area (Å²) in [6.07, 6.45) is 2.51. The van der Waals surface area contributed by atoms with Crippen molar-refractivity contribution in [3.8, 4) is 0 Å². The number of aldehydes is 1. The lowest BCUT2D eigenvalue weighted by Gasteiger charge is -2.09. The summed E-state index contributed by atoms with van der Waals surface area (Å²) in [7, 11) is 0. The summed E-state index contributed by atoms with van der Waals surface area (Å²) >= 11 is 0. The van der Waals surface area contributed by atoms with Crippen LogP contribution in [0.2, 0.25) is 0 Å². The molecule has 1 aromatic rings. The zero-order valence-electron chi connectivity index (χ0n) is 9.49. The Hall–Kier alpha value is -1.37. The van der Waals surface area contributed by atoms with Crippen molar-refractivity contribution in [3.05, 3.63) is 47.5 Å². The van der Waals surface area contributed by atoms with Crippen LogP contribution in [-0.4, -0.2) is 6.29 Å². The summed E-state index contributed by atoms with van der Waals surface area (Å²) in [5, 5.41) is 0. The molecule has 1 atom stereocenters. The zero-order chi connectivity index (χ0) is 11.3. The van der Waals surface area contributed by atoms with Crippen molar-refractivity contribution < 1.29 is 4.79 Å². The Labute approximate surface area is 91.8 Å². The molecule has 1 aromatic carbocycles. The second-order valence-corrected chi connectivity index (χ2v) is 4.18. The number of carbonyl (C=O) groups excluding carboxylic acids is 1. The fraction of sp³-hybridized carbons (Fsp3) is 0.357. The molecular weight excluding hydrogens is 184 g/mol. The molecular formula is C14H18O. The summed E-state index contributed by atoms with van der Waals surface area (Å²) in [6.45, 7) is 7.99. The topological polar surface area (TPSA) is 17.1 Å². The van der Waals surface area contributed by atoms with Gasteiger partial charge in [0.15, 0.2) is 0 Å². The number of hydrogen-bond acceptors (Lipinski definition) is 1. The quantitative estimate of drug-likeness (QED) is 0.527. The highest BCUT2D eigenvalue weighted by Gasteiger charge is 2.04. The number of allylic oxidation sites excluding steroid dienone is 1. The predicted molar refractivity (Wildman–Crippen MR) is 64.1 cm³/mol. The van der Waals surface area contributed by atoms with Crippen LogP contribution in [-0.2, 0) is 11.2 Å². The van der Waals surface area contributed by atoms with Gasteiger partial charge < -0.3 is 4.79 Å². The van der Waals surface area contributed by atoms with Gasteiger partial charge in [-0.1, -0.05) is 43.3 Å². The van der Waals surface area contributed by atoms with Crippen molar-refractivity contribution in [2.75, 3.05) is 0 Å². The molecule has 0 amide bonds. The van der Waals surface area contributed by atoms with Crippen LogP contribution in [0.1, 0.15) is 37.3 Å². The molecule has 0 heterocycles. The Morgan fingerprint density at radius 2 is 2.00 bits per heavy atom.